The zero-order chi connectivity index (χ0) is 14.5. The summed E-state index contributed by atoms with van der Waals surface area (Å²) in [6, 6.07) is 14.4. The molecular formula is C17H20BrNO. The summed E-state index contributed by atoms with van der Waals surface area (Å²) >= 11 is 3.49. The number of hydrogen-bond donors (Lipinski definition) is 1. The molecule has 0 bridgehead atoms. The molecule has 0 radical (unpaired) electrons. The van der Waals surface area contributed by atoms with Crippen molar-refractivity contribution >= 4 is 15.9 Å². The van der Waals surface area contributed by atoms with Crippen molar-refractivity contribution in [2.24, 2.45) is 5.73 Å². The highest BCUT2D eigenvalue weighted by Crippen LogP contribution is 2.29. The van der Waals surface area contributed by atoms with Crippen LogP contribution in [0.25, 0.3) is 0 Å². The van der Waals surface area contributed by atoms with Gasteiger partial charge in [0.1, 0.15) is 11.5 Å². The van der Waals surface area contributed by atoms with E-state index in [2.05, 4.69) is 41.1 Å². The van der Waals surface area contributed by atoms with Crippen molar-refractivity contribution in [1.82, 2.24) is 0 Å². The van der Waals surface area contributed by atoms with Gasteiger partial charge in [0.25, 0.3) is 0 Å². The fourth-order valence-electron chi connectivity index (χ4n) is 2.07. The normalized spacial score (nSPS) is 12.2. The average molecular weight is 334 g/mol. The van der Waals surface area contributed by atoms with E-state index in [9.17, 15) is 0 Å². The van der Waals surface area contributed by atoms with Gasteiger partial charge < -0.3 is 10.5 Å². The van der Waals surface area contributed by atoms with E-state index < -0.39 is 0 Å². The van der Waals surface area contributed by atoms with Crippen LogP contribution in [0.4, 0.5) is 0 Å². The van der Waals surface area contributed by atoms with E-state index in [-0.39, 0.29) is 6.04 Å². The highest BCUT2D eigenvalue weighted by Gasteiger charge is 2.08. The molecule has 0 amide bonds. The second kappa shape index (κ2) is 6.91. The van der Waals surface area contributed by atoms with Crippen LogP contribution in [-0.4, -0.2) is 6.04 Å². The number of benzene rings is 2. The molecule has 106 valence electrons. The molecule has 3 heteroatoms. The maximum absolute atomic E-state index is 5.99. The van der Waals surface area contributed by atoms with Crippen LogP contribution in [-0.2, 0) is 12.8 Å². The summed E-state index contributed by atoms with van der Waals surface area (Å²) in [6.07, 6.45) is 1.83. The Morgan fingerprint density at radius 1 is 1.15 bits per heavy atom. The maximum atomic E-state index is 5.99. The van der Waals surface area contributed by atoms with Gasteiger partial charge in [0, 0.05) is 10.5 Å². The van der Waals surface area contributed by atoms with E-state index in [0.717, 1.165) is 34.4 Å². The smallest absolute Gasteiger partial charge is 0.130 e. The lowest BCUT2D eigenvalue weighted by Crippen LogP contribution is -2.18. The molecule has 0 fully saturated rings. The van der Waals surface area contributed by atoms with Gasteiger partial charge in [0.05, 0.1) is 0 Å². The summed E-state index contributed by atoms with van der Waals surface area (Å²) in [6.45, 7) is 4.14. The van der Waals surface area contributed by atoms with Crippen molar-refractivity contribution in [2.45, 2.75) is 32.7 Å². The number of rotatable bonds is 5. The predicted octanol–water partition coefficient (Wildman–Crippen LogP) is 4.69. The number of ether oxygens (including phenoxy) is 1. The van der Waals surface area contributed by atoms with Gasteiger partial charge in [-0.2, -0.15) is 0 Å². The Kier molecular flexibility index (Phi) is 5.21. The zero-order valence-electron chi connectivity index (χ0n) is 11.9. The predicted molar refractivity (Wildman–Crippen MR) is 87.4 cm³/mol. The molecule has 0 heterocycles. The Balaban J connectivity index is 2.22. The Labute approximate surface area is 129 Å². The molecule has 2 rings (SSSR count). The van der Waals surface area contributed by atoms with E-state index in [1.807, 2.05) is 31.2 Å². The van der Waals surface area contributed by atoms with Crippen molar-refractivity contribution < 1.29 is 4.74 Å². The van der Waals surface area contributed by atoms with Crippen LogP contribution in [0.1, 0.15) is 25.0 Å². The largest absolute Gasteiger partial charge is 0.457 e. The van der Waals surface area contributed by atoms with Gasteiger partial charge in [-0.3, -0.25) is 0 Å². The van der Waals surface area contributed by atoms with Crippen LogP contribution in [0.2, 0.25) is 0 Å². The topological polar surface area (TPSA) is 35.2 Å². The molecule has 2 N–H and O–H groups in total. The zero-order valence-corrected chi connectivity index (χ0v) is 13.5. The molecule has 0 aliphatic rings. The van der Waals surface area contributed by atoms with Crippen LogP contribution in [0.5, 0.6) is 11.5 Å². The van der Waals surface area contributed by atoms with Crippen molar-refractivity contribution in [2.75, 3.05) is 0 Å². The Bertz CT molecular complexity index is 564. The Morgan fingerprint density at radius 2 is 1.85 bits per heavy atom. The number of aryl methyl sites for hydroxylation is 1. The third-order valence-electron chi connectivity index (χ3n) is 3.12. The summed E-state index contributed by atoms with van der Waals surface area (Å²) in [7, 11) is 0. The number of nitrogens with two attached hydrogens (primary N) is 1. The van der Waals surface area contributed by atoms with E-state index in [0.29, 0.717) is 0 Å². The fraction of sp³-hybridized carbons (Fsp3) is 0.294. The van der Waals surface area contributed by atoms with Gasteiger partial charge in [-0.25, -0.2) is 0 Å². The Morgan fingerprint density at radius 3 is 2.45 bits per heavy atom. The second-order valence-electron chi connectivity index (χ2n) is 5.03. The standard InChI is InChI=1S/C17H20BrNO/c1-3-13-4-7-16(8-5-13)20-17-9-6-15(18)11-14(17)10-12(2)19/h4-9,11-12H,3,10,19H2,1-2H3. The van der Waals surface area contributed by atoms with Gasteiger partial charge >= 0.3 is 0 Å². The highest BCUT2D eigenvalue weighted by molar-refractivity contribution is 9.10. The van der Waals surface area contributed by atoms with Gasteiger partial charge in [-0.1, -0.05) is 35.0 Å². The first-order valence-electron chi connectivity index (χ1n) is 6.89. The van der Waals surface area contributed by atoms with Crippen LogP contribution in [0.3, 0.4) is 0 Å². The lowest BCUT2D eigenvalue weighted by molar-refractivity contribution is 0.473. The molecule has 2 aromatic carbocycles. The lowest BCUT2D eigenvalue weighted by Gasteiger charge is -2.13. The summed E-state index contributed by atoms with van der Waals surface area (Å²) in [5, 5.41) is 0. The van der Waals surface area contributed by atoms with Gasteiger partial charge in [-0.15, -0.1) is 0 Å². The van der Waals surface area contributed by atoms with Crippen LogP contribution >= 0.6 is 15.9 Å². The summed E-state index contributed by atoms with van der Waals surface area (Å²) < 4.78 is 7.03. The molecular weight excluding hydrogens is 314 g/mol. The molecule has 0 saturated heterocycles. The van der Waals surface area contributed by atoms with E-state index in [1.54, 1.807) is 0 Å². The van der Waals surface area contributed by atoms with Crippen molar-refractivity contribution in [3.8, 4) is 11.5 Å². The first kappa shape index (κ1) is 15.1. The van der Waals surface area contributed by atoms with Gasteiger partial charge in [0.15, 0.2) is 0 Å². The summed E-state index contributed by atoms with van der Waals surface area (Å²) in [5.74, 6) is 1.73. The van der Waals surface area contributed by atoms with E-state index in [4.69, 9.17) is 10.5 Å². The quantitative estimate of drug-likeness (QED) is 0.861. The summed E-state index contributed by atoms with van der Waals surface area (Å²) in [4.78, 5) is 0. The van der Waals surface area contributed by atoms with E-state index >= 15 is 0 Å². The molecule has 0 spiro atoms. The third-order valence-corrected chi connectivity index (χ3v) is 3.62. The van der Waals surface area contributed by atoms with Crippen molar-refractivity contribution in [1.29, 1.82) is 0 Å². The minimum Gasteiger partial charge on any atom is -0.457 e. The second-order valence-corrected chi connectivity index (χ2v) is 5.95. The van der Waals surface area contributed by atoms with Crippen molar-refractivity contribution in [3.63, 3.8) is 0 Å². The number of hydrogen-bond acceptors (Lipinski definition) is 2. The SMILES string of the molecule is CCc1ccc(Oc2ccc(Br)cc2CC(C)N)cc1. The molecule has 0 saturated carbocycles. The molecule has 20 heavy (non-hydrogen) atoms. The van der Waals surface area contributed by atoms with Crippen LogP contribution in [0, 0.1) is 0 Å². The summed E-state index contributed by atoms with van der Waals surface area (Å²) in [5.41, 5.74) is 8.33. The lowest BCUT2D eigenvalue weighted by atomic mass is 10.1. The van der Waals surface area contributed by atoms with Crippen LogP contribution in [0.15, 0.2) is 46.9 Å². The fourth-order valence-corrected chi connectivity index (χ4v) is 2.48. The first-order valence-corrected chi connectivity index (χ1v) is 7.68. The molecule has 2 aromatic rings. The molecule has 0 aromatic heterocycles. The average Bonchev–Trinajstić information content (AvgIpc) is 2.42. The number of halogens is 1. The van der Waals surface area contributed by atoms with Crippen molar-refractivity contribution in [3.05, 3.63) is 58.1 Å². The highest BCUT2D eigenvalue weighted by atomic mass is 79.9. The van der Waals surface area contributed by atoms with Gasteiger partial charge in [0.2, 0.25) is 0 Å². The molecule has 1 atom stereocenters. The molecule has 0 aliphatic heterocycles. The van der Waals surface area contributed by atoms with Gasteiger partial charge in [-0.05, 0) is 61.2 Å². The molecule has 0 aliphatic carbocycles. The monoisotopic (exact) mass is 333 g/mol. The van der Waals surface area contributed by atoms with E-state index in [1.165, 1.54) is 5.56 Å². The molecule has 2 nitrogen and oxygen atoms in total. The minimum atomic E-state index is 0.106. The minimum absolute atomic E-state index is 0.106. The third kappa shape index (κ3) is 4.09. The first-order chi connectivity index (χ1) is 9.58. The van der Waals surface area contributed by atoms with Crippen LogP contribution < -0.4 is 10.5 Å². The maximum Gasteiger partial charge on any atom is 0.130 e. The Hall–Kier alpha value is -1.32. The molecule has 1 unspecified atom stereocenters.